The van der Waals surface area contributed by atoms with E-state index in [-0.39, 0.29) is 0 Å². The monoisotopic (exact) mass is 179 g/mol. The topological polar surface area (TPSA) is 98.2 Å². The normalized spacial score (nSPS) is 53.2. The number of primary amides is 1. The van der Waals surface area contributed by atoms with E-state index in [2.05, 4.69) is 0 Å². The third-order valence-corrected chi connectivity index (χ3v) is 1.12. The van der Waals surface area contributed by atoms with Crippen molar-refractivity contribution < 1.29 is 20.6 Å². The second-order valence-electron chi connectivity index (χ2n) is 1.98. The number of carbonyl (C=O) groups is 2. The standard InChI is InChI=1S/C7H13N3O2/c8-5(6(9)11)3-4-1-2-10-7(4)12/h4-5H,1-3,8H2,(H2,9,11)(H,10,12)/t4-,5-/m0/s1/i1D2,2D2,3D2,4D,5D. The van der Waals surface area contributed by atoms with E-state index in [1.54, 1.807) is 0 Å². The number of nitrogens with one attached hydrogen (secondary N) is 1. The molecule has 0 spiro atoms. The van der Waals surface area contributed by atoms with Crippen molar-refractivity contribution in [2.24, 2.45) is 17.4 Å². The van der Waals surface area contributed by atoms with Crippen molar-refractivity contribution in [2.75, 3.05) is 6.50 Å². The zero-order chi connectivity index (χ0) is 16.4. The van der Waals surface area contributed by atoms with Crippen molar-refractivity contribution in [3.05, 3.63) is 0 Å². The summed E-state index contributed by atoms with van der Waals surface area (Å²) in [5, 5.41) is 1.49. The molecule has 0 aromatic heterocycles. The van der Waals surface area contributed by atoms with Crippen LogP contribution < -0.4 is 16.8 Å². The second kappa shape index (κ2) is 3.53. The van der Waals surface area contributed by atoms with E-state index in [9.17, 15) is 9.59 Å². The number of hydrogen-bond donors (Lipinski definition) is 3. The molecule has 1 saturated heterocycles. The number of nitrogens with two attached hydrogens (primary N) is 2. The van der Waals surface area contributed by atoms with Crippen LogP contribution in [0.5, 0.6) is 0 Å². The van der Waals surface area contributed by atoms with Crippen LogP contribution in [-0.2, 0) is 9.59 Å². The Morgan fingerprint density at radius 2 is 2.83 bits per heavy atom. The lowest BCUT2D eigenvalue weighted by Gasteiger charge is -2.10. The fourth-order valence-corrected chi connectivity index (χ4v) is 0.554. The Morgan fingerprint density at radius 3 is 3.25 bits per heavy atom. The number of carbonyl (C=O) groups excluding carboxylic acids is 2. The molecule has 0 aromatic rings. The summed E-state index contributed by atoms with van der Waals surface area (Å²) in [5.74, 6) is -6.86. The van der Waals surface area contributed by atoms with E-state index < -0.39 is 43.0 Å². The van der Waals surface area contributed by atoms with Gasteiger partial charge < -0.3 is 16.8 Å². The van der Waals surface area contributed by atoms with Gasteiger partial charge in [-0.05, 0) is 12.7 Å². The van der Waals surface area contributed by atoms with Crippen molar-refractivity contribution in [3.63, 3.8) is 0 Å². The summed E-state index contributed by atoms with van der Waals surface area (Å²) in [5.41, 5.74) is 9.86. The van der Waals surface area contributed by atoms with Crippen molar-refractivity contribution in [3.8, 4) is 0 Å². The maximum absolute atomic E-state index is 11.7. The quantitative estimate of drug-likeness (QED) is 0.483. The highest BCUT2D eigenvalue weighted by atomic mass is 16.2. The Bertz CT molecular complexity index is 479. The molecule has 68 valence electrons. The molecule has 0 radical (unpaired) electrons. The first kappa shape index (κ1) is 2.99. The van der Waals surface area contributed by atoms with E-state index in [1.807, 2.05) is 0 Å². The third kappa shape index (κ3) is 1.94. The predicted octanol–water partition coefficient (Wildman–Crippen LogP) is -1.67. The molecule has 2 atom stereocenters. The molecular formula is C7H13N3O2. The van der Waals surface area contributed by atoms with Crippen molar-refractivity contribution >= 4 is 11.8 Å². The number of amides is 2. The first-order valence-electron chi connectivity index (χ1n) is 6.99. The SMILES string of the molecule is [2H]C1([2H])NC(=O)[C@]([2H])(C([2H])([2H])[C@]([2H])(N)C(N)=O)C1([2H])[2H]. The molecule has 0 unspecified atom stereocenters. The molecule has 12 heavy (non-hydrogen) atoms. The third-order valence-electron chi connectivity index (χ3n) is 1.12. The zero-order valence-corrected chi connectivity index (χ0v) is 5.97. The molecule has 0 saturated carbocycles. The maximum Gasteiger partial charge on any atom is 0.234 e. The summed E-state index contributed by atoms with van der Waals surface area (Å²) in [4.78, 5) is 22.8. The largest absolute Gasteiger partial charge is 0.368 e. The molecule has 5 nitrogen and oxygen atoms in total. The highest BCUT2D eigenvalue weighted by Gasteiger charge is 2.27. The van der Waals surface area contributed by atoms with Crippen LogP contribution >= 0.6 is 0 Å². The van der Waals surface area contributed by atoms with Gasteiger partial charge >= 0.3 is 0 Å². The molecule has 1 rings (SSSR count). The smallest absolute Gasteiger partial charge is 0.234 e. The van der Waals surface area contributed by atoms with Crippen LogP contribution in [0.4, 0.5) is 0 Å². The van der Waals surface area contributed by atoms with Gasteiger partial charge in [0.05, 0.1) is 7.39 Å². The average Bonchev–Trinajstić information content (AvgIpc) is 2.36. The minimum atomic E-state index is -3.59. The van der Waals surface area contributed by atoms with Crippen LogP contribution in [0.25, 0.3) is 0 Å². The van der Waals surface area contributed by atoms with Gasteiger partial charge in [-0.25, -0.2) is 0 Å². The maximum atomic E-state index is 11.7. The molecule has 1 fully saturated rings. The molecular weight excluding hydrogens is 158 g/mol. The van der Waals surface area contributed by atoms with Crippen LogP contribution in [-0.4, -0.2) is 24.3 Å². The lowest BCUT2D eigenvalue weighted by molar-refractivity contribution is -0.123. The van der Waals surface area contributed by atoms with Gasteiger partial charge in [-0.2, -0.15) is 0 Å². The Labute approximate surface area is 81.7 Å². The fraction of sp³-hybridized carbons (Fsp3) is 0.714. The Kier molecular flexibility index (Phi) is 0.880. The average molecular weight is 179 g/mol. The van der Waals surface area contributed by atoms with Gasteiger partial charge in [0, 0.05) is 22.0 Å². The van der Waals surface area contributed by atoms with Crippen LogP contribution in [0.15, 0.2) is 0 Å². The van der Waals surface area contributed by atoms with Gasteiger partial charge in [-0.15, -0.1) is 0 Å². The zero-order valence-electron chi connectivity index (χ0n) is 14.0. The summed E-state index contributed by atoms with van der Waals surface area (Å²) < 4.78 is 60.1. The summed E-state index contributed by atoms with van der Waals surface area (Å²) >= 11 is 0. The van der Waals surface area contributed by atoms with E-state index in [1.165, 1.54) is 5.32 Å². The fourth-order valence-electron chi connectivity index (χ4n) is 0.554. The Balaban J connectivity index is 3.58. The molecule has 0 aliphatic carbocycles. The van der Waals surface area contributed by atoms with Crippen LogP contribution in [0, 0.1) is 5.89 Å². The molecule has 1 heterocycles. The van der Waals surface area contributed by atoms with Gasteiger partial charge in [0.2, 0.25) is 11.8 Å². The molecule has 1 aliphatic heterocycles. The highest BCUT2D eigenvalue weighted by molar-refractivity contribution is 5.83. The summed E-state index contributed by atoms with van der Waals surface area (Å²) in [6.45, 7) is -3.08. The number of hydrogen-bond acceptors (Lipinski definition) is 3. The lowest BCUT2D eigenvalue weighted by Crippen LogP contribution is -2.39. The predicted molar refractivity (Wildman–Crippen MR) is 42.9 cm³/mol. The molecule has 5 heteroatoms. The van der Waals surface area contributed by atoms with Crippen molar-refractivity contribution in [1.29, 1.82) is 0 Å². The molecule has 5 N–H and O–H groups in total. The van der Waals surface area contributed by atoms with E-state index in [0.717, 1.165) is 0 Å². The summed E-state index contributed by atoms with van der Waals surface area (Å²) in [7, 11) is 0. The lowest BCUT2D eigenvalue weighted by atomic mass is 9.99. The summed E-state index contributed by atoms with van der Waals surface area (Å²) in [6.07, 6.45) is -7.00. The minimum absolute atomic E-state index is 1.49. The Morgan fingerprint density at radius 1 is 2.17 bits per heavy atom. The molecule has 2 amide bonds. The van der Waals surface area contributed by atoms with Crippen molar-refractivity contribution in [2.45, 2.75) is 18.8 Å². The van der Waals surface area contributed by atoms with Gasteiger partial charge in [-0.1, -0.05) is 0 Å². The van der Waals surface area contributed by atoms with E-state index in [0.29, 0.717) is 0 Å². The van der Waals surface area contributed by atoms with Gasteiger partial charge in [-0.3, -0.25) is 9.59 Å². The molecule has 1 aliphatic rings. The van der Waals surface area contributed by atoms with Crippen LogP contribution in [0.3, 0.4) is 0 Å². The van der Waals surface area contributed by atoms with Gasteiger partial charge in [0.1, 0.15) is 0 Å². The summed E-state index contributed by atoms with van der Waals surface area (Å²) in [6, 6.07) is -3.31. The van der Waals surface area contributed by atoms with E-state index >= 15 is 0 Å². The number of rotatable bonds is 3. The van der Waals surface area contributed by atoms with Crippen LogP contribution in [0.2, 0.25) is 0 Å². The first-order chi connectivity index (χ1) is 8.57. The highest BCUT2D eigenvalue weighted by Crippen LogP contribution is 2.14. The van der Waals surface area contributed by atoms with Crippen molar-refractivity contribution in [1.82, 2.24) is 5.32 Å². The molecule has 0 bridgehead atoms. The van der Waals surface area contributed by atoms with Gasteiger partial charge in [0.15, 0.2) is 0 Å². The van der Waals surface area contributed by atoms with Gasteiger partial charge in [0.25, 0.3) is 0 Å². The molecule has 0 aromatic carbocycles. The van der Waals surface area contributed by atoms with Crippen LogP contribution in [0.1, 0.15) is 23.7 Å². The second-order valence-corrected chi connectivity index (χ2v) is 1.98. The first-order valence-corrected chi connectivity index (χ1v) is 2.99. The van der Waals surface area contributed by atoms with E-state index in [4.69, 9.17) is 22.4 Å². The Hall–Kier alpha value is -1.10. The minimum Gasteiger partial charge on any atom is -0.368 e.